The lowest BCUT2D eigenvalue weighted by molar-refractivity contribution is -0.148. The first kappa shape index (κ1) is 16.5. The van der Waals surface area contributed by atoms with E-state index in [1.807, 2.05) is 0 Å². The standard InChI is InChI=1S/C13H14N2O8S/c1-2-22-12(17)11-7-4-3-5-9(16)10(7)8-6-14(11)13(18)15(8)23-24(19,20)21/h3-5,8,11,16H,2,6H2,1H3,(H,19,20,21)/t8-,11+/m0/s1. The van der Waals surface area contributed by atoms with Crippen molar-refractivity contribution in [3.05, 3.63) is 29.3 Å². The molecule has 3 rings (SSSR count). The smallest absolute Gasteiger partial charge is 0.418 e. The third kappa shape index (κ3) is 2.56. The average molecular weight is 358 g/mol. The average Bonchev–Trinajstić information content (AvgIpc) is 2.73. The Hall–Kier alpha value is -2.37. The molecular weight excluding hydrogens is 344 g/mol. The number of phenolic OH excluding ortho intramolecular Hbond substituents is 1. The first-order valence-corrected chi connectivity index (χ1v) is 8.36. The van der Waals surface area contributed by atoms with Crippen molar-refractivity contribution in [1.82, 2.24) is 9.96 Å². The van der Waals surface area contributed by atoms with Crippen molar-refractivity contribution >= 4 is 22.4 Å². The molecule has 2 atom stereocenters. The number of hydrogen-bond acceptors (Lipinski definition) is 7. The van der Waals surface area contributed by atoms with Crippen LogP contribution in [0, 0.1) is 0 Å². The van der Waals surface area contributed by atoms with Gasteiger partial charge in [-0.25, -0.2) is 9.59 Å². The highest BCUT2D eigenvalue weighted by atomic mass is 32.3. The fourth-order valence-corrected chi connectivity index (χ4v) is 3.39. The van der Waals surface area contributed by atoms with Crippen molar-refractivity contribution in [2.45, 2.75) is 19.0 Å². The predicted molar refractivity (Wildman–Crippen MR) is 76.8 cm³/mol. The van der Waals surface area contributed by atoms with Crippen LogP contribution in [0.4, 0.5) is 4.79 Å². The van der Waals surface area contributed by atoms with Crippen LogP contribution in [0.5, 0.6) is 5.75 Å². The highest BCUT2D eigenvalue weighted by molar-refractivity contribution is 7.80. The van der Waals surface area contributed by atoms with Crippen LogP contribution in [0.25, 0.3) is 0 Å². The summed E-state index contributed by atoms with van der Waals surface area (Å²) in [6, 6.07) is 1.27. The number of carbonyl (C=O) groups excluding carboxylic acids is 2. The third-order valence-electron chi connectivity index (χ3n) is 3.83. The molecule has 2 amide bonds. The number of amides is 2. The number of benzene rings is 1. The van der Waals surface area contributed by atoms with Gasteiger partial charge in [0.1, 0.15) is 11.8 Å². The number of ether oxygens (including phenoxy) is 1. The van der Waals surface area contributed by atoms with Gasteiger partial charge in [-0.15, -0.1) is 4.28 Å². The first-order chi connectivity index (χ1) is 11.2. The van der Waals surface area contributed by atoms with Gasteiger partial charge in [-0.1, -0.05) is 12.1 Å². The quantitative estimate of drug-likeness (QED) is 0.588. The van der Waals surface area contributed by atoms with Crippen LogP contribution >= 0.6 is 0 Å². The third-order valence-corrected chi connectivity index (χ3v) is 4.18. The van der Waals surface area contributed by atoms with E-state index in [0.29, 0.717) is 10.6 Å². The van der Waals surface area contributed by atoms with Crippen LogP contribution in [-0.2, 0) is 24.2 Å². The minimum atomic E-state index is -4.96. The maximum absolute atomic E-state index is 12.4. The molecule has 2 bridgehead atoms. The highest BCUT2D eigenvalue weighted by Crippen LogP contribution is 2.47. The molecule has 2 aliphatic heterocycles. The Morgan fingerprint density at radius 3 is 2.75 bits per heavy atom. The van der Waals surface area contributed by atoms with Gasteiger partial charge in [0.15, 0.2) is 6.04 Å². The van der Waals surface area contributed by atoms with E-state index in [2.05, 4.69) is 4.28 Å². The predicted octanol–water partition coefficient (Wildman–Crippen LogP) is 0.523. The van der Waals surface area contributed by atoms with Crippen molar-refractivity contribution in [1.29, 1.82) is 0 Å². The molecule has 0 unspecified atom stereocenters. The number of fused-ring (bicyclic) bond motifs is 4. The van der Waals surface area contributed by atoms with E-state index in [-0.39, 0.29) is 24.5 Å². The lowest BCUT2D eigenvalue weighted by Crippen LogP contribution is -2.39. The summed E-state index contributed by atoms with van der Waals surface area (Å²) >= 11 is 0. The molecule has 0 saturated carbocycles. The lowest BCUT2D eigenvalue weighted by atomic mass is 9.90. The van der Waals surface area contributed by atoms with Crippen molar-refractivity contribution in [2.75, 3.05) is 13.2 Å². The second-order valence-electron chi connectivity index (χ2n) is 5.21. The zero-order valence-corrected chi connectivity index (χ0v) is 13.3. The number of urea groups is 1. The molecule has 1 aromatic carbocycles. The first-order valence-electron chi connectivity index (χ1n) is 7.00. The van der Waals surface area contributed by atoms with Gasteiger partial charge in [-0.05, 0) is 18.6 Å². The normalized spacial score (nSPS) is 22.5. The van der Waals surface area contributed by atoms with Gasteiger partial charge in [0.25, 0.3) is 0 Å². The molecule has 0 aromatic heterocycles. The molecule has 10 nitrogen and oxygen atoms in total. The van der Waals surface area contributed by atoms with Gasteiger partial charge in [-0.3, -0.25) is 4.55 Å². The van der Waals surface area contributed by atoms with E-state index in [9.17, 15) is 23.1 Å². The Morgan fingerprint density at radius 2 is 2.12 bits per heavy atom. The molecule has 0 aliphatic carbocycles. The molecule has 0 radical (unpaired) electrons. The molecule has 2 N–H and O–H groups in total. The maximum atomic E-state index is 12.4. The van der Waals surface area contributed by atoms with Crippen LogP contribution in [0.2, 0.25) is 0 Å². The summed E-state index contributed by atoms with van der Waals surface area (Å²) in [7, 11) is -4.96. The van der Waals surface area contributed by atoms with Crippen LogP contribution < -0.4 is 0 Å². The molecule has 1 aromatic rings. The van der Waals surface area contributed by atoms with Crippen LogP contribution in [-0.4, -0.2) is 53.2 Å². The molecule has 1 saturated heterocycles. The second kappa shape index (κ2) is 5.61. The Morgan fingerprint density at radius 1 is 1.42 bits per heavy atom. The molecule has 0 spiro atoms. The molecule has 2 heterocycles. The fraction of sp³-hybridized carbons (Fsp3) is 0.385. The van der Waals surface area contributed by atoms with Gasteiger partial charge >= 0.3 is 22.4 Å². The number of nitrogens with zero attached hydrogens (tertiary/aromatic N) is 2. The number of carbonyl (C=O) groups is 2. The summed E-state index contributed by atoms with van der Waals surface area (Å²) in [6.45, 7) is 1.58. The summed E-state index contributed by atoms with van der Waals surface area (Å²) < 4.78 is 40.2. The van der Waals surface area contributed by atoms with E-state index in [1.54, 1.807) is 6.92 Å². The summed E-state index contributed by atoms with van der Waals surface area (Å²) in [6.07, 6.45) is 0. The van der Waals surface area contributed by atoms with E-state index < -0.39 is 34.5 Å². The van der Waals surface area contributed by atoms with Crippen molar-refractivity contribution in [3.63, 3.8) is 0 Å². The Balaban J connectivity index is 2.12. The van der Waals surface area contributed by atoms with E-state index in [4.69, 9.17) is 9.29 Å². The van der Waals surface area contributed by atoms with Crippen LogP contribution in [0.15, 0.2) is 18.2 Å². The number of aromatic hydroxyl groups is 1. The topological polar surface area (TPSA) is 134 Å². The Labute approximate surface area is 137 Å². The van der Waals surface area contributed by atoms with Crippen molar-refractivity contribution in [2.24, 2.45) is 0 Å². The van der Waals surface area contributed by atoms with Crippen molar-refractivity contribution < 1.29 is 36.7 Å². The minimum Gasteiger partial charge on any atom is -0.508 e. The summed E-state index contributed by atoms with van der Waals surface area (Å²) in [4.78, 5) is 25.8. The van der Waals surface area contributed by atoms with Crippen LogP contribution in [0.1, 0.15) is 30.1 Å². The van der Waals surface area contributed by atoms with Gasteiger partial charge in [0, 0.05) is 5.56 Å². The highest BCUT2D eigenvalue weighted by Gasteiger charge is 2.53. The fourth-order valence-electron chi connectivity index (χ4n) is 3.02. The number of rotatable bonds is 4. The zero-order chi connectivity index (χ0) is 17.6. The molecule has 24 heavy (non-hydrogen) atoms. The van der Waals surface area contributed by atoms with Crippen molar-refractivity contribution in [3.8, 4) is 5.75 Å². The molecule has 1 fully saturated rings. The Bertz CT molecular complexity index is 808. The second-order valence-corrected chi connectivity index (χ2v) is 6.22. The monoisotopic (exact) mass is 358 g/mol. The van der Waals surface area contributed by atoms with Gasteiger partial charge in [0.05, 0.1) is 13.2 Å². The van der Waals surface area contributed by atoms with Gasteiger partial charge in [-0.2, -0.15) is 13.5 Å². The summed E-state index contributed by atoms with van der Waals surface area (Å²) in [5.41, 5.74) is 0.473. The minimum absolute atomic E-state index is 0.0835. The zero-order valence-electron chi connectivity index (χ0n) is 12.4. The number of hydrogen-bond donors (Lipinski definition) is 2. The number of phenols is 1. The van der Waals surface area contributed by atoms with E-state index in [0.717, 1.165) is 4.90 Å². The number of hydroxylamine groups is 2. The summed E-state index contributed by atoms with van der Waals surface area (Å²) in [5, 5.41) is 10.6. The Kier molecular flexibility index (Phi) is 3.86. The maximum Gasteiger partial charge on any atom is 0.418 e. The van der Waals surface area contributed by atoms with Crippen LogP contribution in [0.3, 0.4) is 0 Å². The molecule has 2 aliphatic rings. The SMILES string of the molecule is CCOC(=O)[C@H]1c2cccc(O)c2[C@@H]2CN1C(=O)N2OS(=O)(=O)O. The molecular formula is C13H14N2O8S. The molecule has 11 heteroatoms. The van der Waals surface area contributed by atoms with E-state index >= 15 is 0 Å². The lowest BCUT2D eigenvalue weighted by Gasteiger charge is -2.31. The molecule has 130 valence electrons. The van der Waals surface area contributed by atoms with Gasteiger partial charge < -0.3 is 14.7 Å². The largest absolute Gasteiger partial charge is 0.508 e. The van der Waals surface area contributed by atoms with Gasteiger partial charge in [0.2, 0.25) is 0 Å². The van der Waals surface area contributed by atoms with E-state index in [1.165, 1.54) is 18.2 Å². The summed E-state index contributed by atoms with van der Waals surface area (Å²) in [5.74, 6) is -0.949. The number of esters is 1.